The molecule has 1 amide bonds. The SMILES string of the molecule is Cc1cc(C)nc(NS(=O)(=O)c2ccc(NC(=O)CCSc3nc4c(cc3C#N)CCCC4)cc2)n1. The van der Waals surface area contributed by atoms with Crippen molar-refractivity contribution in [3.63, 3.8) is 0 Å². The van der Waals surface area contributed by atoms with Crippen molar-refractivity contribution in [2.75, 3.05) is 15.8 Å². The van der Waals surface area contributed by atoms with Crippen LogP contribution in [0.1, 0.15) is 47.5 Å². The highest BCUT2D eigenvalue weighted by Gasteiger charge is 2.18. The fourth-order valence-corrected chi connectivity index (χ4v) is 5.80. The van der Waals surface area contributed by atoms with E-state index >= 15 is 0 Å². The van der Waals surface area contributed by atoms with E-state index in [1.54, 1.807) is 19.9 Å². The van der Waals surface area contributed by atoms with Crippen molar-refractivity contribution in [2.45, 2.75) is 55.9 Å². The number of pyridine rings is 1. The molecular weight excluding hydrogens is 496 g/mol. The van der Waals surface area contributed by atoms with E-state index in [4.69, 9.17) is 0 Å². The molecule has 36 heavy (non-hydrogen) atoms. The zero-order valence-corrected chi connectivity index (χ0v) is 21.7. The molecule has 4 rings (SSSR count). The van der Waals surface area contributed by atoms with Crippen LogP contribution in [0.15, 0.2) is 46.3 Å². The molecule has 0 atom stereocenters. The van der Waals surface area contributed by atoms with E-state index in [0.29, 0.717) is 33.4 Å². The average molecular weight is 523 g/mol. The Kier molecular flexibility index (Phi) is 7.86. The van der Waals surface area contributed by atoms with E-state index < -0.39 is 10.0 Å². The number of aromatic nitrogens is 3. The zero-order chi connectivity index (χ0) is 25.7. The fraction of sp³-hybridized carbons (Fsp3) is 0.320. The summed E-state index contributed by atoms with van der Waals surface area (Å²) in [5.41, 5.74) is 4.56. The molecule has 0 unspecified atom stereocenters. The number of hydrogen-bond donors (Lipinski definition) is 2. The first-order valence-corrected chi connectivity index (χ1v) is 14.0. The number of benzene rings is 1. The van der Waals surface area contributed by atoms with Crippen LogP contribution in [0, 0.1) is 25.2 Å². The molecule has 0 saturated carbocycles. The highest BCUT2D eigenvalue weighted by atomic mass is 32.2. The topological polar surface area (TPSA) is 138 Å². The van der Waals surface area contributed by atoms with Crippen LogP contribution < -0.4 is 10.0 Å². The van der Waals surface area contributed by atoms with Gasteiger partial charge in [0.05, 0.1) is 10.5 Å². The van der Waals surface area contributed by atoms with Gasteiger partial charge in [0.2, 0.25) is 11.9 Å². The Morgan fingerprint density at radius 1 is 1.06 bits per heavy atom. The van der Waals surface area contributed by atoms with Crippen LogP contribution in [0.5, 0.6) is 0 Å². The summed E-state index contributed by atoms with van der Waals surface area (Å²) in [6.45, 7) is 3.52. The third kappa shape index (κ3) is 6.38. The molecule has 2 N–H and O–H groups in total. The van der Waals surface area contributed by atoms with E-state index in [2.05, 4.69) is 31.1 Å². The summed E-state index contributed by atoms with van der Waals surface area (Å²) in [6, 6.07) is 11.8. The van der Waals surface area contributed by atoms with Gasteiger partial charge >= 0.3 is 0 Å². The third-order valence-corrected chi connectivity index (χ3v) is 7.95. The lowest BCUT2D eigenvalue weighted by molar-refractivity contribution is -0.115. The predicted octanol–water partition coefficient (Wildman–Crippen LogP) is 4.16. The molecule has 1 aliphatic rings. The van der Waals surface area contributed by atoms with Crippen LogP contribution in [-0.4, -0.2) is 35.0 Å². The smallest absolute Gasteiger partial charge is 0.264 e. The number of nitriles is 1. The lowest BCUT2D eigenvalue weighted by Gasteiger charge is -2.16. The maximum Gasteiger partial charge on any atom is 0.264 e. The molecule has 0 bridgehead atoms. The number of sulfonamides is 1. The normalized spacial score (nSPS) is 12.9. The second-order valence-electron chi connectivity index (χ2n) is 8.52. The monoisotopic (exact) mass is 522 g/mol. The van der Waals surface area contributed by atoms with Gasteiger partial charge in [-0.25, -0.2) is 28.1 Å². The summed E-state index contributed by atoms with van der Waals surface area (Å²) in [7, 11) is -3.87. The van der Waals surface area contributed by atoms with Crippen LogP contribution in [0.4, 0.5) is 11.6 Å². The summed E-state index contributed by atoms with van der Waals surface area (Å²) in [5, 5.41) is 12.9. The number of hydrogen-bond acceptors (Lipinski definition) is 8. The van der Waals surface area contributed by atoms with Gasteiger partial charge in [-0.3, -0.25) is 4.79 Å². The van der Waals surface area contributed by atoms with Crippen molar-refractivity contribution in [3.8, 4) is 6.07 Å². The first kappa shape index (κ1) is 25.6. The lowest BCUT2D eigenvalue weighted by Crippen LogP contribution is -2.16. The fourth-order valence-electron chi connectivity index (χ4n) is 3.94. The first-order valence-electron chi connectivity index (χ1n) is 11.5. The highest BCUT2D eigenvalue weighted by Crippen LogP contribution is 2.27. The number of nitrogens with one attached hydrogen (secondary N) is 2. The number of aryl methyl sites for hydroxylation is 4. The Bertz CT molecular complexity index is 1410. The third-order valence-electron chi connectivity index (χ3n) is 5.61. The van der Waals surface area contributed by atoms with Gasteiger partial charge in [0.25, 0.3) is 10.0 Å². The Morgan fingerprint density at radius 3 is 2.44 bits per heavy atom. The number of fused-ring (bicyclic) bond motifs is 1. The molecule has 0 aliphatic heterocycles. The number of thioether (sulfide) groups is 1. The number of nitrogens with zero attached hydrogens (tertiary/aromatic N) is 4. The van der Waals surface area contributed by atoms with Gasteiger partial charge in [-0.1, -0.05) is 0 Å². The molecular formula is C25H26N6O3S2. The highest BCUT2D eigenvalue weighted by molar-refractivity contribution is 7.99. The maximum absolute atomic E-state index is 12.7. The molecule has 2 heterocycles. The van der Waals surface area contributed by atoms with E-state index in [1.807, 2.05) is 6.07 Å². The summed E-state index contributed by atoms with van der Waals surface area (Å²) in [5.74, 6) is 0.269. The van der Waals surface area contributed by atoms with Crippen molar-refractivity contribution < 1.29 is 13.2 Å². The number of amides is 1. The molecule has 11 heteroatoms. The Balaban J connectivity index is 1.32. The largest absolute Gasteiger partial charge is 0.326 e. The van der Waals surface area contributed by atoms with Crippen molar-refractivity contribution in [1.29, 1.82) is 5.26 Å². The summed E-state index contributed by atoms with van der Waals surface area (Å²) < 4.78 is 27.7. The lowest BCUT2D eigenvalue weighted by atomic mass is 9.95. The molecule has 0 saturated heterocycles. The Morgan fingerprint density at radius 2 is 1.75 bits per heavy atom. The minimum atomic E-state index is -3.87. The molecule has 9 nitrogen and oxygen atoms in total. The molecule has 1 aromatic carbocycles. The Labute approximate surface area is 214 Å². The van der Waals surface area contributed by atoms with Crippen LogP contribution in [-0.2, 0) is 27.7 Å². The molecule has 186 valence electrons. The number of carbonyl (C=O) groups is 1. The number of rotatable bonds is 8. The van der Waals surface area contributed by atoms with Crippen LogP contribution in [0.2, 0.25) is 0 Å². The molecule has 0 spiro atoms. The second-order valence-corrected chi connectivity index (χ2v) is 11.3. The molecule has 0 fully saturated rings. The molecule has 2 aromatic heterocycles. The van der Waals surface area contributed by atoms with E-state index in [-0.39, 0.29) is 23.2 Å². The van der Waals surface area contributed by atoms with E-state index in [0.717, 1.165) is 36.9 Å². The second kappa shape index (κ2) is 11.1. The Hall–Kier alpha value is -3.49. The summed E-state index contributed by atoms with van der Waals surface area (Å²) >= 11 is 1.40. The number of carbonyl (C=O) groups excluding carboxylic acids is 1. The van der Waals surface area contributed by atoms with Gasteiger partial charge in [0.15, 0.2) is 0 Å². The van der Waals surface area contributed by atoms with Crippen molar-refractivity contribution >= 4 is 39.3 Å². The molecule has 3 aromatic rings. The number of anilines is 2. The summed E-state index contributed by atoms with van der Waals surface area (Å²) in [4.78, 5) is 25.3. The van der Waals surface area contributed by atoms with Gasteiger partial charge in [0.1, 0.15) is 11.1 Å². The van der Waals surface area contributed by atoms with Gasteiger partial charge < -0.3 is 5.32 Å². The van der Waals surface area contributed by atoms with Gasteiger partial charge in [0, 0.05) is 34.9 Å². The zero-order valence-electron chi connectivity index (χ0n) is 20.0. The van der Waals surface area contributed by atoms with E-state index in [1.165, 1.54) is 36.0 Å². The van der Waals surface area contributed by atoms with Gasteiger partial charge in [-0.05, 0) is 81.5 Å². The van der Waals surface area contributed by atoms with E-state index in [9.17, 15) is 18.5 Å². The molecule has 1 aliphatic carbocycles. The van der Waals surface area contributed by atoms with Crippen molar-refractivity contribution in [3.05, 3.63) is 64.6 Å². The quantitative estimate of drug-likeness (QED) is 0.421. The average Bonchev–Trinajstić information content (AvgIpc) is 2.83. The van der Waals surface area contributed by atoms with Crippen LogP contribution in [0.25, 0.3) is 0 Å². The van der Waals surface area contributed by atoms with Gasteiger partial charge in [-0.15, -0.1) is 11.8 Å². The standard InChI is InChI=1S/C25H26N6O3S2/c1-16-13-17(2)28-25(27-16)31-36(33,34)21-9-7-20(8-10-21)29-23(32)11-12-35-24-19(15-26)14-18-5-3-4-6-22(18)30-24/h7-10,13-14H,3-6,11-12H2,1-2H3,(H,29,32)(H,27,28,31). The summed E-state index contributed by atoms with van der Waals surface area (Å²) in [6.07, 6.45) is 4.33. The van der Waals surface area contributed by atoms with Crippen molar-refractivity contribution in [2.24, 2.45) is 0 Å². The molecule has 0 radical (unpaired) electrons. The van der Waals surface area contributed by atoms with Crippen LogP contribution in [0.3, 0.4) is 0 Å². The minimum absolute atomic E-state index is 0.00958. The maximum atomic E-state index is 12.7. The first-order chi connectivity index (χ1) is 17.2. The van der Waals surface area contributed by atoms with Crippen LogP contribution >= 0.6 is 11.8 Å². The minimum Gasteiger partial charge on any atom is -0.326 e. The van der Waals surface area contributed by atoms with Gasteiger partial charge in [-0.2, -0.15) is 5.26 Å². The predicted molar refractivity (Wildman–Crippen MR) is 138 cm³/mol. The van der Waals surface area contributed by atoms with Crippen molar-refractivity contribution in [1.82, 2.24) is 15.0 Å².